The van der Waals surface area contributed by atoms with E-state index in [4.69, 9.17) is 26.3 Å². The Morgan fingerprint density at radius 2 is 2.10 bits per heavy atom. The number of hydrogen-bond donors (Lipinski definition) is 2. The summed E-state index contributed by atoms with van der Waals surface area (Å²) in [6, 6.07) is 6.23. The van der Waals surface area contributed by atoms with Gasteiger partial charge in [-0.25, -0.2) is 4.39 Å². The summed E-state index contributed by atoms with van der Waals surface area (Å²) in [5.74, 6) is -0.561. The highest BCUT2D eigenvalue weighted by atomic mass is 35.5. The molecule has 0 aliphatic heterocycles. The molecular weight excluding hydrogens is 413 g/mol. The van der Waals surface area contributed by atoms with Crippen molar-refractivity contribution in [3.63, 3.8) is 0 Å². The Balaban J connectivity index is 1.17. The number of rotatable bonds is 8. The van der Waals surface area contributed by atoms with Crippen molar-refractivity contribution < 1.29 is 23.5 Å². The fourth-order valence-electron chi connectivity index (χ4n) is 4.51. The highest BCUT2D eigenvalue weighted by Crippen LogP contribution is 2.53. The van der Waals surface area contributed by atoms with Crippen LogP contribution in [0.5, 0.6) is 5.75 Å². The number of hydrogen-bond acceptors (Lipinski definition) is 5. The van der Waals surface area contributed by atoms with Crippen LogP contribution >= 0.6 is 11.6 Å². The SMILES string of the molecule is N#CC1CC(OCC(=O)NC2CC3(NC(=O)COc4ccc(Cl)c(F)c4)CCC23)C1. The van der Waals surface area contributed by atoms with Gasteiger partial charge < -0.3 is 20.1 Å². The summed E-state index contributed by atoms with van der Waals surface area (Å²) in [5.41, 5.74) is -0.293. The zero-order chi connectivity index (χ0) is 21.3. The van der Waals surface area contributed by atoms with Gasteiger partial charge in [0.2, 0.25) is 5.91 Å². The number of carbonyl (C=O) groups is 2. The highest BCUT2D eigenvalue weighted by molar-refractivity contribution is 6.30. The molecule has 9 heteroatoms. The molecule has 2 amide bonds. The van der Waals surface area contributed by atoms with E-state index in [0.29, 0.717) is 19.3 Å². The Morgan fingerprint density at radius 3 is 2.73 bits per heavy atom. The smallest absolute Gasteiger partial charge is 0.258 e. The Hall–Kier alpha value is -2.37. The number of ether oxygens (including phenoxy) is 2. The van der Waals surface area contributed by atoms with Gasteiger partial charge in [0.1, 0.15) is 18.2 Å². The summed E-state index contributed by atoms with van der Waals surface area (Å²) < 4.78 is 24.3. The first-order chi connectivity index (χ1) is 14.4. The summed E-state index contributed by atoms with van der Waals surface area (Å²) in [7, 11) is 0. The van der Waals surface area contributed by atoms with Gasteiger partial charge in [0.15, 0.2) is 6.61 Å². The third-order valence-electron chi connectivity index (χ3n) is 6.40. The molecule has 3 aliphatic rings. The van der Waals surface area contributed by atoms with Crippen LogP contribution in [0.2, 0.25) is 5.02 Å². The Bertz CT molecular complexity index is 885. The van der Waals surface area contributed by atoms with E-state index in [0.717, 1.165) is 18.9 Å². The van der Waals surface area contributed by atoms with Crippen LogP contribution in [0, 0.1) is 29.0 Å². The van der Waals surface area contributed by atoms with Crippen LogP contribution in [0.25, 0.3) is 0 Å². The summed E-state index contributed by atoms with van der Waals surface area (Å²) in [6.45, 7) is -0.220. The molecule has 30 heavy (non-hydrogen) atoms. The summed E-state index contributed by atoms with van der Waals surface area (Å²) >= 11 is 5.63. The molecule has 1 aromatic rings. The summed E-state index contributed by atoms with van der Waals surface area (Å²) in [6.07, 6.45) is 3.84. The molecular formula is C21H23ClFN3O4. The van der Waals surface area contributed by atoms with Gasteiger partial charge in [0.05, 0.1) is 23.1 Å². The molecule has 3 fully saturated rings. The van der Waals surface area contributed by atoms with Crippen molar-refractivity contribution in [3.05, 3.63) is 29.0 Å². The van der Waals surface area contributed by atoms with Crippen molar-refractivity contribution in [1.29, 1.82) is 5.26 Å². The van der Waals surface area contributed by atoms with E-state index in [-0.39, 0.29) is 65.3 Å². The zero-order valence-electron chi connectivity index (χ0n) is 16.3. The van der Waals surface area contributed by atoms with E-state index in [9.17, 15) is 14.0 Å². The van der Waals surface area contributed by atoms with Crippen LogP contribution < -0.4 is 15.4 Å². The third-order valence-corrected chi connectivity index (χ3v) is 6.71. The molecule has 2 N–H and O–H groups in total. The van der Waals surface area contributed by atoms with Gasteiger partial charge in [-0.2, -0.15) is 5.26 Å². The lowest BCUT2D eigenvalue weighted by atomic mass is 9.50. The average Bonchev–Trinajstić information content (AvgIpc) is 2.66. The van der Waals surface area contributed by atoms with Gasteiger partial charge in [0.25, 0.3) is 5.91 Å². The van der Waals surface area contributed by atoms with E-state index in [1.165, 1.54) is 12.1 Å². The van der Waals surface area contributed by atoms with Gasteiger partial charge in [-0.1, -0.05) is 11.6 Å². The molecule has 0 heterocycles. The molecule has 3 atom stereocenters. The lowest BCUT2D eigenvalue weighted by Gasteiger charge is -2.63. The molecule has 0 spiro atoms. The number of amides is 2. The molecule has 0 bridgehead atoms. The van der Waals surface area contributed by atoms with Crippen molar-refractivity contribution >= 4 is 23.4 Å². The molecule has 4 rings (SSSR count). The lowest BCUT2D eigenvalue weighted by Crippen LogP contribution is -2.76. The first-order valence-corrected chi connectivity index (χ1v) is 10.5. The molecule has 1 aromatic carbocycles. The van der Waals surface area contributed by atoms with E-state index in [2.05, 4.69) is 16.7 Å². The molecule has 160 valence electrons. The molecule has 7 nitrogen and oxygen atoms in total. The summed E-state index contributed by atoms with van der Waals surface area (Å²) in [5, 5.41) is 14.7. The van der Waals surface area contributed by atoms with Gasteiger partial charge in [0, 0.05) is 23.6 Å². The fourth-order valence-corrected chi connectivity index (χ4v) is 4.63. The van der Waals surface area contributed by atoms with Gasteiger partial charge in [-0.15, -0.1) is 0 Å². The topological polar surface area (TPSA) is 100 Å². The second kappa shape index (κ2) is 8.40. The van der Waals surface area contributed by atoms with E-state index < -0.39 is 5.82 Å². The van der Waals surface area contributed by atoms with Crippen LogP contribution in [0.1, 0.15) is 32.1 Å². The Kier molecular flexibility index (Phi) is 5.85. The van der Waals surface area contributed by atoms with Crippen LogP contribution in [0.15, 0.2) is 18.2 Å². The largest absolute Gasteiger partial charge is 0.484 e. The highest BCUT2D eigenvalue weighted by Gasteiger charge is 2.61. The zero-order valence-corrected chi connectivity index (χ0v) is 17.1. The van der Waals surface area contributed by atoms with Crippen LogP contribution in [-0.4, -0.2) is 42.7 Å². The van der Waals surface area contributed by atoms with Crippen molar-refractivity contribution in [2.24, 2.45) is 11.8 Å². The van der Waals surface area contributed by atoms with Crippen LogP contribution in [0.3, 0.4) is 0 Å². The maximum atomic E-state index is 13.4. The molecule has 0 saturated heterocycles. The third kappa shape index (κ3) is 4.23. The number of nitrogens with zero attached hydrogens (tertiary/aromatic N) is 1. The molecule has 3 saturated carbocycles. The second-order valence-electron chi connectivity index (χ2n) is 8.32. The quantitative estimate of drug-likeness (QED) is 0.652. The number of benzene rings is 1. The summed E-state index contributed by atoms with van der Waals surface area (Å²) in [4.78, 5) is 24.4. The maximum Gasteiger partial charge on any atom is 0.258 e. The minimum Gasteiger partial charge on any atom is -0.484 e. The van der Waals surface area contributed by atoms with Crippen molar-refractivity contribution in [3.8, 4) is 11.8 Å². The van der Waals surface area contributed by atoms with Crippen LogP contribution in [-0.2, 0) is 14.3 Å². The molecule has 0 aromatic heterocycles. The first-order valence-electron chi connectivity index (χ1n) is 10.1. The number of nitriles is 1. The van der Waals surface area contributed by atoms with E-state index in [1.54, 1.807) is 0 Å². The van der Waals surface area contributed by atoms with Crippen molar-refractivity contribution in [2.45, 2.75) is 49.8 Å². The minimum atomic E-state index is -0.601. The van der Waals surface area contributed by atoms with Gasteiger partial charge in [-0.05, 0) is 44.2 Å². The predicted molar refractivity (Wildman–Crippen MR) is 105 cm³/mol. The number of fused-ring (bicyclic) bond motifs is 1. The number of nitrogens with one attached hydrogen (secondary N) is 2. The maximum absolute atomic E-state index is 13.4. The Morgan fingerprint density at radius 1 is 1.30 bits per heavy atom. The predicted octanol–water partition coefficient (Wildman–Crippen LogP) is 2.33. The van der Waals surface area contributed by atoms with Gasteiger partial charge >= 0.3 is 0 Å². The van der Waals surface area contributed by atoms with Crippen LogP contribution in [0.4, 0.5) is 4.39 Å². The standard InChI is InChI=1S/C21H23ClFN3O4/c22-16-2-1-13(7-17(16)23)29-11-20(28)26-21-4-3-15(21)18(8-21)25-19(27)10-30-14-5-12(6-14)9-24/h1-2,7,12,14-15,18H,3-6,8,10-11H2,(H,25,27)(H,26,28). The normalized spacial score (nSPS) is 31.1. The monoisotopic (exact) mass is 435 g/mol. The molecule has 3 unspecified atom stereocenters. The number of halogens is 2. The van der Waals surface area contributed by atoms with E-state index >= 15 is 0 Å². The van der Waals surface area contributed by atoms with E-state index in [1.807, 2.05) is 0 Å². The first kappa shape index (κ1) is 20.9. The Labute approximate surface area is 178 Å². The fraction of sp³-hybridized carbons (Fsp3) is 0.571. The lowest BCUT2D eigenvalue weighted by molar-refractivity contribution is -0.141. The van der Waals surface area contributed by atoms with Gasteiger partial charge in [-0.3, -0.25) is 9.59 Å². The minimum absolute atomic E-state index is 0.00186. The van der Waals surface area contributed by atoms with Crippen molar-refractivity contribution in [2.75, 3.05) is 13.2 Å². The molecule has 0 radical (unpaired) electrons. The average molecular weight is 436 g/mol. The van der Waals surface area contributed by atoms with Crippen molar-refractivity contribution in [1.82, 2.24) is 10.6 Å². The second-order valence-corrected chi connectivity index (χ2v) is 8.73. The number of carbonyl (C=O) groups excluding carboxylic acids is 2. The molecule has 3 aliphatic carbocycles.